The largest absolute Gasteiger partial charge is 0.337 e. The Labute approximate surface area is 178 Å². The highest BCUT2D eigenvalue weighted by Crippen LogP contribution is 2.31. The highest BCUT2D eigenvalue weighted by molar-refractivity contribution is 7.13. The van der Waals surface area contributed by atoms with Crippen LogP contribution in [0.5, 0.6) is 0 Å². The molecule has 0 radical (unpaired) electrons. The van der Waals surface area contributed by atoms with Crippen molar-refractivity contribution >= 4 is 35.0 Å². The number of fused-ring (bicyclic) bond motifs is 1. The zero-order valence-electron chi connectivity index (χ0n) is 16.8. The van der Waals surface area contributed by atoms with Gasteiger partial charge < -0.3 is 10.3 Å². The summed E-state index contributed by atoms with van der Waals surface area (Å²) >= 11 is 1.72. The Morgan fingerprint density at radius 2 is 2.17 bits per heavy atom. The van der Waals surface area contributed by atoms with Gasteiger partial charge in [0.1, 0.15) is 5.69 Å². The normalized spacial score (nSPS) is 15.7. The van der Waals surface area contributed by atoms with E-state index in [1.54, 1.807) is 11.3 Å². The third-order valence-electron chi connectivity index (χ3n) is 5.49. The first kappa shape index (κ1) is 18.8. The highest BCUT2D eigenvalue weighted by Gasteiger charge is 2.13. The number of imidazole rings is 1. The first-order valence-corrected chi connectivity index (χ1v) is 10.9. The number of rotatable bonds is 4. The second-order valence-corrected chi connectivity index (χ2v) is 8.38. The molecule has 5 rings (SSSR count). The molecule has 1 aliphatic rings. The number of benzene rings is 1. The van der Waals surface area contributed by atoms with Crippen molar-refractivity contribution in [3.8, 4) is 22.0 Å². The molecule has 0 amide bonds. The number of allylic oxidation sites excluding steroid dienone is 2. The van der Waals surface area contributed by atoms with E-state index < -0.39 is 0 Å². The van der Waals surface area contributed by atoms with Crippen molar-refractivity contribution < 1.29 is 0 Å². The Morgan fingerprint density at radius 3 is 2.97 bits per heavy atom. The summed E-state index contributed by atoms with van der Waals surface area (Å²) in [5.41, 5.74) is 6.51. The number of thiophene rings is 1. The highest BCUT2D eigenvalue weighted by atomic mass is 32.1. The van der Waals surface area contributed by atoms with Gasteiger partial charge in [-0.2, -0.15) is 5.10 Å². The van der Waals surface area contributed by atoms with E-state index in [0.29, 0.717) is 0 Å². The summed E-state index contributed by atoms with van der Waals surface area (Å²) in [4.78, 5) is 9.48. The lowest BCUT2D eigenvalue weighted by Crippen LogP contribution is -2.22. The molecule has 0 unspecified atom stereocenters. The number of aromatic amines is 2. The maximum absolute atomic E-state index is 4.86. The van der Waals surface area contributed by atoms with E-state index in [1.165, 1.54) is 16.0 Å². The van der Waals surface area contributed by atoms with Gasteiger partial charge in [0.2, 0.25) is 0 Å². The molecule has 6 heteroatoms. The van der Waals surface area contributed by atoms with E-state index in [9.17, 15) is 0 Å². The Hall–Kier alpha value is -3.22. The van der Waals surface area contributed by atoms with Crippen LogP contribution < -0.4 is 15.9 Å². The summed E-state index contributed by atoms with van der Waals surface area (Å²) in [6.07, 6.45) is 7.51. The van der Waals surface area contributed by atoms with Gasteiger partial charge in [0, 0.05) is 22.2 Å². The summed E-state index contributed by atoms with van der Waals surface area (Å²) in [5.74, 6) is 0.733. The number of para-hydroxylation sites is 1. The van der Waals surface area contributed by atoms with Crippen molar-refractivity contribution in [2.45, 2.75) is 13.3 Å². The van der Waals surface area contributed by atoms with Gasteiger partial charge in [0.25, 0.3) is 0 Å². The van der Waals surface area contributed by atoms with Crippen LogP contribution >= 0.6 is 11.3 Å². The Kier molecular flexibility index (Phi) is 4.94. The van der Waals surface area contributed by atoms with Crippen molar-refractivity contribution in [2.24, 2.45) is 0 Å². The van der Waals surface area contributed by atoms with Gasteiger partial charge >= 0.3 is 0 Å². The fourth-order valence-electron chi connectivity index (χ4n) is 3.78. The molecule has 0 spiro atoms. The summed E-state index contributed by atoms with van der Waals surface area (Å²) in [6, 6.07) is 10.4. The molecule has 3 aromatic heterocycles. The molecule has 4 heterocycles. The monoisotopic (exact) mass is 413 g/mol. The number of nitrogens with zero attached hydrogens (tertiary/aromatic N) is 2. The molecule has 5 nitrogen and oxygen atoms in total. The molecule has 150 valence electrons. The van der Waals surface area contributed by atoms with Crippen molar-refractivity contribution in [3.63, 3.8) is 0 Å². The van der Waals surface area contributed by atoms with Crippen molar-refractivity contribution in [3.05, 3.63) is 69.6 Å². The zero-order valence-corrected chi connectivity index (χ0v) is 17.6. The van der Waals surface area contributed by atoms with Crippen LogP contribution in [0.25, 0.3) is 45.6 Å². The summed E-state index contributed by atoms with van der Waals surface area (Å²) in [5, 5.41) is 14.8. The average Bonchev–Trinajstić information content (AvgIpc) is 3.52. The lowest BCUT2D eigenvalue weighted by atomic mass is 10.0. The molecule has 1 aliphatic heterocycles. The van der Waals surface area contributed by atoms with Crippen LogP contribution in [-0.4, -0.2) is 33.3 Å². The van der Waals surface area contributed by atoms with Crippen LogP contribution in [0.4, 0.5) is 0 Å². The van der Waals surface area contributed by atoms with Gasteiger partial charge in [-0.15, -0.1) is 11.3 Å². The van der Waals surface area contributed by atoms with Gasteiger partial charge in [0.05, 0.1) is 16.4 Å². The van der Waals surface area contributed by atoms with E-state index in [2.05, 4.69) is 81.9 Å². The fourth-order valence-corrected chi connectivity index (χ4v) is 4.54. The van der Waals surface area contributed by atoms with Crippen LogP contribution in [0.3, 0.4) is 0 Å². The minimum atomic E-state index is 0.733. The Morgan fingerprint density at radius 1 is 1.23 bits per heavy atom. The van der Waals surface area contributed by atoms with Gasteiger partial charge in [-0.05, 0) is 54.6 Å². The maximum Gasteiger partial charge on any atom is 0.159 e. The molecule has 0 saturated carbocycles. The third kappa shape index (κ3) is 3.44. The van der Waals surface area contributed by atoms with Gasteiger partial charge in [-0.25, -0.2) is 4.98 Å². The zero-order chi connectivity index (χ0) is 20.5. The van der Waals surface area contributed by atoms with E-state index in [1.807, 2.05) is 6.07 Å². The molecular weight excluding hydrogens is 390 g/mol. The lowest BCUT2D eigenvalue weighted by Gasteiger charge is -2.13. The average molecular weight is 414 g/mol. The number of nitrogens with one attached hydrogen (secondary N) is 3. The molecule has 0 bridgehead atoms. The van der Waals surface area contributed by atoms with Crippen LogP contribution in [0.1, 0.15) is 13.3 Å². The number of hydrogen-bond acceptors (Lipinski definition) is 4. The predicted octanol–water partition coefficient (Wildman–Crippen LogP) is 3.74. The van der Waals surface area contributed by atoms with Gasteiger partial charge in [-0.1, -0.05) is 36.9 Å². The molecule has 4 aromatic rings. The van der Waals surface area contributed by atoms with E-state index in [4.69, 9.17) is 4.98 Å². The summed E-state index contributed by atoms with van der Waals surface area (Å²) < 4.78 is 0. The quantitative estimate of drug-likeness (QED) is 0.477. The number of hydrogen-bond donors (Lipinski definition) is 3. The van der Waals surface area contributed by atoms with Crippen molar-refractivity contribution in [1.82, 2.24) is 25.5 Å². The standard InChI is InChI=1S/C24H23N5S/c1-15(17-10-12-25-13-11-17)8-9-19-16(2)22(29-28-19)24-26-20-6-3-5-18(23(20)27-24)21-7-4-14-30-21/h3-10,14,25,28H,2,11-13H2,1H3,(H,26,27)/b15-8+,19-9+. The molecule has 30 heavy (non-hydrogen) atoms. The first-order chi connectivity index (χ1) is 14.7. The molecular formula is C24H23N5S. The first-order valence-electron chi connectivity index (χ1n) is 10.1. The smallest absolute Gasteiger partial charge is 0.159 e. The fraction of sp³-hybridized carbons (Fsp3) is 0.167. The molecule has 1 aromatic carbocycles. The summed E-state index contributed by atoms with van der Waals surface area (Å²) in [7, 11) is 0. The Bertz CT molecular complexity index is 1370. The molecule has 3 N–H and O–H groups in total. The van der Waals surface area contributed by atoms with E-state index in [0.717, 1.165) is 58.2 Å². The molecule has 0 atom stereocenters. The predicted molar refractivity (Wildman–Crippen MR) is 126 cm³/mol. The maximum atomic E-state index is 4.86. The minimum Gasteiger partial charge on any atom is -0.337 e. The Balaban J connectivity index is 1.53. The van der Waals surface area contributed by atoms with Crippen LogP contribution in [0.15, 0.2) is 59.0 Å². The molecule has 0 fully saturated rings. The molecule has 0 aliphatic carbocycles. The van der Waals surface area contributed by atoms with Gasteiger partial charge in [0.15, 0.2) is 5.82 Å². The summed E-state index contributed by atoms with van der Waals surface area (Å²) in [6.45, 7) is 8.38. The van der Waals surface area contributed by atoms with Gasteiger partial charge in [-0.3, -0.25) is 5.10 Å². The second kappa shape index (κ2) is 7.89. The minimum absolute atomic E-state index is 0.733. The third-order valence-corrected chi connectivity index (χ3v) is 6.40. The van der Waals surface area contributed by atoms with Crippen molar-refractivity contribution in [2.75, 3.05) is 13.1 Å². The second-order valence-electron chi connectivity index (χ2n) is 7.43. The van der Waals surface area contributed by atoms with Crippen LogP contribution in [-0.2, 0) is 0 Å². The van der Waals surface area contributed by atoms with Crippen LogP contribution in [0.2, 0.25) is 0 Å². The van der Waals surface area contributed by atoms with E-state index >= 15 is 0 Å². The van der Waals surface area contributed by atoms with E-state index in [-0.39, 0.29) is 0 Å². The van der Waals surface area contributed by atoms with Crippen molar-refractivity contribution in [1.29, 1.82) is 0 Å². The molecule has 0 saturated heterocycles. The number of H-pyrrole nitrogens is 2. The SMILES string of the molecule is C=c1c(-c2nc3c(-c4cccs4)cccc3[nH]2)n[nH]/c1=C/C=C(\C)C1=CCNCC1. The number of aromatic nitrogens is 4. The lowest BCUT2D eigenvalue weighted by molar-refractivity contribution is 0.707. The van der Waals surface area contributed by atoms with Crippen LogP contribution in [0, 0.1) is 0 Å². The topological polar surface area (TPSA) is 69.4 Å².